The Bertz CT molecular complexity index is 738. The second kappa shape index (κ2) is 10.2. The summed E-state index contributed by atoms with van der Waals surface area (Å²) in [6.45, 7) is 38.8. The lowest BCUT2D eigenvalue weighted by Gasteiger charge is -2.71. The van der Waals surface area contributed by atoms with Crippen LogP contribution in [0.5, 0.6) is 0 Å². The Morgan fingerprint density at radius 1 is 0.833 bits per heavy atom. The molecule has 0 aromatic heterocycles. The molecule has 0 aliphatic heterocycles. The molecular weight excluding hydrogens is 432 g/mol. The van der Waals surface area contributed by atoms with E-state index in [1.807, 2.05) is 0 Å². The fourth-order valence-electron chi connectivity index (χ4n) is 12.0. The van der Waals surface area contributed by atoms with E-state index in [0.29, 0.717) is 21.7 Å². The number of hydrogen-bond donors (Lipinski definition) is 0. The van der Waals surface area contributed by atoms with Crippen molar-refractivity contribution in [3.05, 3.63) is 0 Å². The molecule has 0 saturated heterocycles. The van der Waals surface area contributed by atoms with Gasteiger partial charge < -0.3 is 0 Å². The van der Waals surface area contributed by atoms with Crippen LogP contribution in [0.3, 0.4) is 0 Å². The molecule has 0 aromatic rings. The molecule has 36 heavy (non-hydrogen) atoms. The molecule has 0 aromatic carbocycles. The third kappa shape index (κ3) is 5.01. The maximum atomic E-state index is 2.79. The first-order valence-electron chi connectivity index (χ1n) is 16.3. The zero-order valence-corrected chi connectivity index (χ0v) is 27.6. The van der Waals surface area contributed by atoms with Gasteiger partial charge in [0.2, 0.25) is 0 Å². The van der Waals surface area contributed by atoms with Crippen molar-refractivity contribution in [1.82, 2.24) is 0 Å². The highest BCUT2D eigenvalue weighted by Gasteiger charge is 2.69. The van der Waals surface area contributed by atoms with Gasteiger partial charge in [-0.25, -0.2) is 0 Å². The van der Waals surface area contributed by atoms with E-state index in [0.717, 1.165) is 65.1 Å². The van der Waals surface area contributed by atoms with Gasteiger partial charge in [-0.05, 0) is 125 Å². The van der Waals surface area contributed by atoms with Gasteiger partial charge in [0.25, 0.3) is 0 Å². The smallest absolute Gasteiger partial charge is 0.0207 e. The molecule has 3 aliphatic carbocycles. The lowest BCUT2D eigenvalue weighted by Crippen LogP contribution is -2.65. The highest BCUT2D eigenvalue weighted by molar-refractivity contribution is 5.17. The zero-order valence-electron chi connectivity index (χ0n) is 27.6. The third-order valence-corrected chi connectivity index (χ3v) is 13.4. The van der Waals surface area contributed by atoms with E-state index in [-0.39, 0.29) is 0 Å². The van der Waals surface area contributed by atoms with Gasteiger partial charge in [-0.15, -0.1) is 0 Å². The summed E-state index contributed by atoms with van der Waals surface area (Å²) in [4.78, 5) is 0. The Morgan fingerprint density at radius 3 is 1.89 bits per heavy atom. The topological polar surface area (TPSA) is 0 Å². The molecule has 0 amide bonds. The number of hydrogen-bond acceptors (Lipinski definition) is 0. The van der Waals surface area contributed by atoms with Gasteiger partial charge in [0, 0.05) is 0 Å². The summed E-state index contributed by atoms with van der Waals surface area (Å²) in [7, 11) is 0. The maximum absolute atomic E-state index is 2.79. The molecule has 3 fully saturated rings. The van der Waals surface area contributed by atoms with Gasteiger partial charge in [0.05, 0.1) is 0 Å². The van der Waals surface area contributed by atoms with Gasteiger partial charge in [0.15, 0.2) is 0 Å². The van der Waals surface area contributed by atoms with Crippen molar-refractivity contribution in [2.24, 2.45) is 86.8 Å². The predicted octanol–water partition coefficient (Wildman–Crippen LogP) is 11.4. The van der Waals surface area contributed by atoms with E-state index in [4.69, 9.17) is 0 Å². The summed E-state index contributed by atoms with van der Waals surface area (Å²) in [5, 5.41) is 0. The molecule has 0 spiro atoms. The minimum absolute atomic E-state index is 0.428. The van der Waals surface area contributed by atoms with Gasteiger partial charge >= 0.3 is 0 Å². The fourth-order valence-corrected chi connectivity index (χ4v) is 12.0. The van der Waals surface area contributed by atoms with Gasteiger partial charge in [0.1, 0.15) is 0 Å². The van der Waals surface area contributed by atoms with Crippen LogP contribution in [0.1, 0.15) is 142 Å². The third-order valence-electron chi connectivity index (χ3n) is 13.4. The quantitative estimate of drug-likeness (QED) is 0.326. The molecule has 212 valence electrons. The van der Waals surface area contributed by atoms with Crippen LogP contribution in [-0.2, 0) is 0 Å². The first-order chi connectivity index (χ1) is 16.3. The average molecular weight is 501 g/mol. The molecule has 0 bridgehead atoms. The molecule has 3 rings (SSSR count). The minimum atomic E-state index is 0.428. The van der Waals surface area contributed by atoms with Crippen molar-refractivity contribution in [3.8, 4) is 0 Å². The van der Waals surface area contributed by atoms with Crippen molar-refractivity contribution in [3.63, 3.8) is 0 Å². The molecule has 3 aliphatic rings. The van der Waals surface area contributed by atoms with Gasteiger partial charge in [-0.2, -0.15) is 0 Å². The molecule has 11 unspecified atom stereocenters. The standard InChI is InChI=1S/C36H68/c1-22(2)16-29(19-33(11,12)13)26(8)30-17-31-27(9)35(15)28(10)32(23(3)4)25(7)18-36(35,24(5)6)21-34(31,14)20-30/h22-32H,16-21H2,1-15H3. The van der Waals surface area contributed by atoms with Crippen LogP contribution in [0.15, 0.2) is 0 Å². The molecule has 11 atom stereocenters. The maximum Gasteiger partial charge on any atom is -0.0207 e. The average Bonchev–Trinajstić information content (AvgIpc) is 3.05. The highest BCUT2D eigenvalue weighted by atomic mass is 14.7. The van der Waals surface area contributed by atoms with Crippen molar-refractivity contribution in [2.45, 2.75) is 142 Å². The van der Waals surface area contributed by atoms with Crippen LogP contribution in [0.2, 0.25) is 0 Å². The molecule has 3 saturated carbocycles. The van der Waals surface area contributed by atoms with E-state index in [1.165, 1.54) is 38.5 Å². The van der Waals surface area contributed by atoms with Crippen molar-refractivity contribution in [2.75, 3.05) is 0 Å². The Balaban J connectivity index is 1.99. The van der Waals surface area contributed by atoms with Crippen molar-refractivity contribution in [1.29, 1.82) is 0 Å². The Morgan fingerprint density at radius 2 is 1.42 bits per heavy atom. The van der Waals surface area contributed by atoms with Crippen LogP contribution < -0.4 is 0 Å². The summed E-state index contributed by atoms with van der Waals surface area (Å²) < 4.78 is 0. The van der Waals surface area contributed by atoms with E-state index in [2.05, 4.69) is 104 Å². The molecular formula is C36H68. The van der Waals surface area contributed by atoms with Crippen LogP contribution >= 0.6 is 0 Å². The summed E-state index contributed by atoms with van der Waals surface area (Å²) in [5.41, 5.74) is 1.89. The van der Waals surface area contributed by atoms with Crippen LogP contribution in [0.25, 0.3) is 0 Å². The molecule has 0 radical (unpaired) electrons. The second-order valence-corrected chi connectivity index (χ2v) is 17.8. The van der Waals surface area contributed by atoms with E-state index >= 15 is 0 Å². The first kappa shape index (κ1) is 30.5. The number of fused-ring (bicyclic) bond motifs is 2. The first-order valence-corrected chi connectivity index (χ1v) is 16.3. The fraction of sp³-hybridized carbons (Fsp3) is 1.00. The number of rotatable bonds is 7. The predicted molar refractivity (Wildman–Crippen MR) is 161 cm³/mol. The lowest BCUT2D eigenvalue weighted by molar-refractivity contribution is -0.230. The van der Waals surface area contributed by atoms with Crippen LogP contribution in [0.4, 0.5) is 0 Å². The van der Waals surface area contributed by atoms with Crippen LogP contribution in [0, 0.1) is 86.8 Å². The second-order valence-electron chi connectivity index (χ2n) is 17.8. The lowest BCUT2D eigenvalue weighted by atomic mass is 9.33. The van der Waals surface area contributed by atoms with E-state index in [1.54, 1.807) is 0 Å². The van der Waals surface area contributed by atoms with E-state index in [9.17, 15) is 0 Å². The summed E-state index contributed by atoms with van der Waals surface area (Å²) in [6, 6.07) is 0. The van der Waals surface area contributed by atoms with Gasteiger partial charge in [-0.3, -0.25) is 0 Å². The van der Waals surface area contributed by atoms with Gasteiger partial charge in [-0.1, -0.05) is 104 Å². The molecule has 0 N–H and O–H groups in total. The SMILES string of the molecule is CC(C)CC(CC(C)(C)C)C(C)C1CC2C(C)C3(C)C(C)C(C(C)C)C(C)CC3(C(C)C)CC2(C)C1. The van der Waals surface area contributed by atoms with Crippen molar-refractivity contribution >= 4 is 0 Å². The van der Waals surface area contributed by atoms with E-state index < -0.39 is 0 Å². The molecule has 0 nitrogen and oxygen atoms in total. The summed E-state index contributed by atoms with van der Waals surface area (Å²) in [5.74, 6) is 9.26. The zero-order chi connectivity index (χ0) is 27.6. The Hall–Kier alpha value is 0. The highest BCUT2D eigenvalue weighted by Crippen LogP contribution is 2.76. The largest absolute Gasteiger partial charge is 0.0628 e. The summed E-state index contributed by atoms with van der Waals surface area (Å²) in [6.07, 6.45) is 8.72. The monoisotopic (exact) mass is 501 g/mol. The Kier molecular flexibility index (Phi) is 8.65. The van der Waals surface area contributed by atoms with Crippen LogP contribution in [-0.4, -0.2) is 0 Å². The molecule has 0 heteroatoms. The summed E-state index contributed by atoms with van der Waals surface area (Å²) >= 11 is 0. The molecule has 0 heterocycles. The minimum Gasteiger partial charge on any atom is -0.0628 e. The Labute approximate surface area is 228 Å². The normalized spacial score (nSPS) is 45.2. The van der Waals surface area contributed by atoms with Crippen molar-refractivity contribution < 1.29 is 0 Å².